The summed E-state index contributed by atoms with van der Waals surface area (Å²) >= 11 is 0. The van der Waals surface area contributed by atoms with Crippen molar-refractivity contribution in [1.29, 1.82) is 0 Å². The molecule has 2 aromatic carbocycles. The van der Waals surface area contributed by atoms with E-state index < -0.39 is 5.97 Å². The molecule has 0 fully saturated rings. The van der Waals surface area contributed by atoms with E-state index in [4.69, 9.17) is 9.47 Å². The lowest BCUT2D eigenvalue weighted by Crippen LogP contribution is -2.38. The summed E-state index contributed by atoms with van der Waals surface area (Å²) in [5, 5.41) is 0. The molecule has 2 aromatic rings. The normalized spacial score (nSPS) is 13.1. The smallest absolute Gasteiger partial charge is 0.338 e. The number of carbonyl (C=O) groups excluding carboxylic acids is 2. The number of methoxy groups -OCH3 is 1. The Bertz CT molecular complexity index is 739. The zero-order valence-corrected chi connectivity index (χ0v) is 13.5. The molecule has 1 amide bonds. The Balaban J connectivity index is 1.55. The maximum absolute atomic E-state index is 12.3. The zero-order chi connectivity index (χ0) is 16.9. The molecule has 3 rings (SSSR count). The number of hydrogen-bond donors (Lipinski definition) is 0. The molecule has 0 saturated heterocycles. The molecule has 0 aliphatic carbocycles. The number of fused-ring (bicyclic) bond motifs is 1. The minimum absolute atomic E-state index is 0.175. The predicted octanol–water partition coefficient (Wildman–Crippen LogP) is 2.44. The lowest BCUT2D eigenvalue weighted by Gasteiger charge is -2.28. The highest BCUT2D eigenvalue weighted by Crippen LogP contribution is 2.18. The summed E-state index contributed by atoms with van der Waals surface area (Å²) < 4.78 is 10.2. The van der Waals surface area contributed by atoms with Gasteiger partial charge in [-0.25, -0.2) is 4.79 Å². The second-order valence-corrected chi connectivity index (χ2v) is 5.64. The van der Waals surface area contributed by atoms with Crippen LogP contribution in [0, 0.1) is 0 Å². The molecule has 0 atom stereocenters. The van der Waals surface area contributed by atoms with Gasteiger partial charge in [0.1, 0.15) is 5.75 Å². The second kappa shape index (κ2) is 7.17. The second-order valence-electron chi connectivity index (χ2n) is 5.64. The van der Waals surface area contributed by atoms with Gasteiger partial charge in [0.2, 0.25) is 0 Å². The first kappa shape index (κ1) is 16.1. The van der Waals surface area contributed by atoms with Crippen molar-refractivity contribution in [2.75, 3.05) is 20.3 Å². The number of amides is 1. The Hall–Kier alpha value is -2.82. The molecule has 124 valence electrons. The van der Waals surface area contributed by atoms with Crippen LogP contribution in [0.15, 0.2) is 48.5 Å². The summed E-state index contributed by atoms with van der Waals surface area (Å²) in [6.45, 7) is 0.970. The minimum atomic E-state index is -0.511. The number of carbonyl (C=O) groups is 2. The van der Waals surface area contributed by atoms with Crippen LogP contribution in [0.1, 0.15) is 21.5 Å². The first-order chi connectivity index (χ1) is 11.7. The maximum atomic E-state index is 12.3. The number of hydrogen-bond acceptors (Lipinski definition) is 4. The Morgan fingerprint density at radius 1 is 1.04 bits per heavy atom. The van der Waals surface area contributed by atoms with Gasteiger partial charge in [0, 0.05) is 13.1 Å². The van der Waals surface area contributed by atoms with E-state index in [-0.39, 0.29) is 12.5 Å². The molecule has 1 aliphatic rings. The van der Waals surface area contributed by atoms with Crippen LogP contribution in [0.3, 0.4) is 0 Å². The van der Waals surface area contributed by atoms with Gasteiger partial charge in [0.15, 0.2) is 6.61 Å². The lowest BCUT2D eigenvalue weighted by atomic mass is 10.00. The van der Waals surface area contributed by atoms with E-state index in [0.717, 1.165) is 12.0 Å². The van der Waals surface area contributed by atoms with E-state index in [9.17, 15) is 9.59 Å². The van der Waals surface area contributed by atoms with E-state index in [1.54, 1.807) is 36.3 Å². The van der Waals surface area contributed by atoms with E-state index in [1.807, 2.05) is 18.2 Å². The van der Waals surface area contributed by atoms with Crippen molar-refractivity contribution in [3.63, 3.8) is 0 Å². The molecule has 1 heterocycles. The third kappa shape index (κ3) is 3.56. The fourth-order valence-electron chi connectivity index (χ4n) is 2.74. The highest BCUT2D eigenvalue weighted by molar-refractivity contribution is 5.91. The Morgan fingerprint density at radius 2 is 1.75 bits per heavy atom. The molecule has 0 unspecified atom stereocenters. The van der Waals surface area contributed by atoms with Crippen LogP contribution < -0.4 is 4.74 Å². The van der Waals surface area contributed by atoms with E-state index >= 15 is 0 Å². The Labute approximate surface area is 140 Å². The molecular weight excluding hydrogens is 306 g/mol. The van der Waals surface area contributed by atoms with Crippen molar-refractivity contribution in [2.45, 2.75) is 13.0 Å². The first-order valence-electron chi connectivity index (χ1n) is 7.83. The van der Waals surface area contributed by atoms with Crippen LogP contribution in [0.5, 0.6) is 5.75 Å². The van der Waals surface area contributed by atoms with Gasteiger partial charge in [-0.3, -0.25) is 4.79 Å². The fraction of sp³-hybridized carbons (Fsp3) is 0.263. The number of rotatable bonds is 4. The summed E-state index contributed by atoms with van der Waals surface area (Å²) in [5.74, 6) is -0.0237. The summed E-state index contributed by atoms with van der Waals surface area (Å²) in [6.07, 6.45) is 0.828. The maximum Gasteiger partial charge on any atom is 0.338 e. The molecule has 5 nitrogen and oxygen atoms in total. The van der Waals surface area contributed by atoms with Crippen LogP contribution in [-0.4, -0.2) is 37.0 Å². The van der Waals surface area contributed by atoms with E-state index in [1.165, 1.54) is 5.56 Å². The number of nitrogens with zero attached hydrogens (tertiary/aromatic N) is 1. The van der Waals surface area contributed by atoms with Crippen molar-refractivity contribution in [3.05, 3.63) is 65.2 Å². The standard InChI is InChI=1S/C19H19NO4/c1-23-17-8-6-15(7-9-17)19(22)24-13-18(21)20-11-10-14-4-2-3-5-16(14)12-20/h2-9H,10-13H2,1H3. The molecule has 0 N–H and O–H groups in total. The van der Waals surface area contributed by atoms with Crippen molar-refractivity contribution in [1.82, 2.24) is 4.90 Å². The average Bonchev–Trinajstić information content (AvgIpc) is 2.65. The third-order valence-corrected chi connectivity index (χ3v) is 4.14. The van der Waals surface area contributed by atoms with Crippen LogP contribution in [-0.2, 0) is 22.5 Å². The molecule has 0 radical (unpaired) electrons. The van der Waals surface area contributed by atoms with Gasteiger partial charge in [-0.1, -0.05) is 24.3 Å². The van der Waals surface area contributed by atoms with Crippen molar-refractivity contribution in [3.8, 4) is 5.75 Å². The Kier molecular flexibility index (Phi) is 4.79. The van der Waals surface area contributed by atoms with Gasteiger partial charge >= 0.3 is 5.97 Å². The highest BCUT2D eigenvalue weighted by Gasteiger charge is 2.21. The van der Waals surface area contributed by atoms with Gasteiger partial charge in [0.05, 0.1) is 12.7 Å². The van der Waals surface area contributed by atoms with Gasteiger partial charge < -0.3 is 14.4 Å². The van der Waals surface area contributed by atoms with Gasteiger partial charge in [-0.2, -0.15) is 0 Å². The first-order valence-corrected chi connectivity index (χ1v) is 7.83. The van der Waals surface area contributed by atoms with E-state index in [0.29, 0.717) is 24.4 Å². The van der Waals surface area contributed by atoms with Crippen LogP contribution in [0.2, 0.25) is 0 Å². The van der Waals surface area contributed by atoms with E-state index in [2.05, 4.69) is 6.07 Å². The van der Waals surface area contributed by atoms with Crippen LogP contribution in [0.4, 0.5) is 0 Å². The minimum Gasteiger partial charge on any atom is -0.497 e. The summed E-state index contributed by atoms with van der Waals surface area (Å²) in [5.41, 5.74) is 2.82. The highest BCUT2D eigenvalue weighted by atomic mass is 16.5. The zero-order valence-electron chi connectivity index (χ0n) is 13.5. The average molecular weight is 325 g/mol. The predicted molar refractivity (Wildman–Crippen MR) is 88.8 cm³/mol. The molecule has 24 heavy (non-hydrogen) atoms. The molecule has 0 saturated carbocycles. The van der Waals surface area contributed by atoms with Crippen molar-refractivity contribution in [2.24, 2.45) is 0 Å². The number of ether oxygens (including phenoxy) is 2. The van der Waals surface area contributed by atoms with Crippen molar-refractivity contribution < 1.29 is 19.1 Å². The Morgan fingerprint density at radius 3 is 2.46 bits per heavy atom. The van der Waals surface area contributed by atoms with Crippen LogP contribution in [0.25, 0.3) is 0 Å². The van der Waals surface area contributed by atoms with Crippen molar-refractivity contribution >= 4 is 11.9 Å². The molecule has 0 spiro atoms. The monoisotopic (exact) mass is 325 g/mol. The molecule has 5 heteroatoms. The quantitative estimate of drug-likeness (QED) is 0.810. The third-order valence-electron chi connectivity index (χ3n) is 4.14. The largest absolute Gasteiger partial charge is 0.497 e. The lowest BCUT2D eigenvalue weighted by molar-refractivity contribution is -0.135. The topological polar surface area (TPSA) is 55.8 Å². The fourth-order valence-corrected chi connectivity index (χ4v) is 2.74. The van der Waals surface area contributed by atoms with Gasteiger partial charge in [-0.05, 0) is 41.8 Å². The SMILES string of the molecule is COc1ccc(C(=O)OCC(=O)N2CCc3ccccc3C2)cc1. The molecular formula is C19H19NO4. The summed E-state index contributed by atoms with van der Waals surface area (Å²) in [7, 11) is 1.56. The molecule has 1 aliphatic heterocycles. The number of benzene rings is 2. The van der Waals surface area contributed by atoms with Crippen LogP contribution >= 0.6 is 0 Å². The van der Waals surface area contributed by atoms with Gasteiger partial charge in [0.25, 0.3) is 5.91 Å². The van der Waals surface area contributed by atoms with Gasteiger partial charge in [-0.15, -0.1) is 0 Å². The molecule has 0 aromatic heterocycles. The number of esters is 1. The summed E-state index contributed by atoms with van der Waals surface area (Å²) in [4.78, 5) is 26.0. The summed E-state index contributed by atoms with van der Waals surface area (Å²) in [6, 6.07) is 14.7. The molecule has 0 bridgehead atoms.